The first-order valence-electron chi connectivity index (χ1n) is 9.90. The molecule has 0 bridgehead atoms. The van der Waals surface area contributed by atoms with Gasteiger partial charge in [0.1, 0.15) is 11.6 Å². The van der Waals surface area contributed by atoms with E-state index in [1.807, 2.05) is 31.6 Å². The van der Waals surface area contributed by atoms with Gasteiger partial charge < -0.3 is 20.8 Å². The highest BCUT2D eigenvalue weighted by atomic mass is 16.5. The summed E-state index contributed by atoms with van der Waals surface area (Å²) in [6.45, 7) is 8.17. The van der Waals surface area contributed by atoms with Crippen LogP contribution in [0.2, 0.25) is 0 Å². The minimum absolute atomic E-state index is 0.190. The molecule has 9 nitrogen and oxygen atoms in total. The number of aromatic nitrogens is 5. The number of aryl methyl sites for hydroxylation is 2. The molecule has 1 atom stereocenters. The first-order chi connectivity index (χ1) is 14.4. The lowest BCUT2D eigenvalue weighted by Gasteiger charge is -2.34. The largest absolute Gasteiger partial charge is 0.383 e. The van der Waals surface area contributed by atoms with Crippen molar-refractivity contribution in [1.29, 1.82) is 5.41 Å². The molecule has 3 N–H and O–H groups in total. The number of ether oxygens (including phenoxy) is 1. The second kappa shape index (κ2) is 7.83. The molecule has 0 aromatic carbocycles. The molecule has 9 heteroatoms. The number of pyridine rings is 1. The van der Waals surface area contributed by atoms with Crippen molar-refractivity contribution in [2.45, 2.75) is 26.8 Å². The molecular formula is C21H26N8O. The molecule has 1 aliphatic heterocycles. The number of nitrogen functional groups attached to an aromatic ring is 1. The standard InChI is InChI=1S/C21H26N8O/c1-12-11-30-8-7-29(12)18-9-17(19-13(2)27-28(4)14(19)3)25-21(26-18)15-5-6-24-20(23)16(15)10-22/h5-6,9-10,12,22H,7-8,11H2,1-4H3,(H2,23,24)/t12-/m1/s1. The molecule has 0 radical (unpaired) electrons. The number of morpholine rings is 1. The van der Waals surface area contributed by atoms with Crippen molar-refractivity contribution in [1.82, 2.24) is 24.7 Å². The normalized spacial score (nSPS) is 16.7. The second-order valence-corrected chi connectivity index (χ2v) is 7.52. The number of hydrogen-bond donors (Lipinski definition) is 2. The summed E-state index contributed by atoms with van der Waals surface area (Å²) in [7, 11) is 1.93. The Labute approximate surface area is 175 Å². The fourth-order valence-electron chi connectivity index (χ4n) is 3.88. The molecule has 0 unspecified atom stereocenters. The zero-order valence-electron chi connectivity index (χ0n) is 17.7. The van der Waals surface area contributed by atoms with Gasteiger partial charge in [0, 0.05) is 54.5 Å². The summed E-state index contributed by atoms with van der Waals surface area (Å²) in [6.07, 6.45) is 2.82. The minimum atomic E-state index is 0.190. The first kappa shape index (κ1) is 20.0. The van der Waals surface area contributed by atoms with E-state index in [1.165, 1.54) is 6.21 Å². The molecule has 0 amide bonds. The summed E-state index contributed by atoms with van der Waals surface area (Å²) < 4.78 is 7.46. The van der Waals surface area contributed by atoms with Crippen LogP contribution in [0.1, 0.15) is 23.9 Å². The summed E-state index contributed by atoms with van der Waals surface area (Å²) in [5, 5.41) is 12.4. The van der Waals surface area contributed by atoms with Crippen molar-refractivity contribution in [2.24, 2.45) is 7.05 Å². The smallest absolute Gasteiger partial charge is 0.162 e. The predicted octanol–water partition coefficient (Wildman–Crippen LogP) is 2.36. The number of anilines is 2. The van der Waals surface area contributed by atoms with Gasteiger partial charge in [-0.2, -0.15) is 5.10 Å². The van der Waals surface area contributed by atoms with Crippen LogP contribution in [0, 0.1) is 19.3 Å². The van der Waals surface area contributed by atoms with E-state index in [2.05, 4.69) is 21.9 Å². The Balaban J connectivity index is 1.96. The van der Waals surface area contributed by atoms with Crippen LogP contribution in [0.3, 0.4) is 0 Å². The third-order valence-corrected chi connectivity index (χ3v) is 5.55. The van der Waals surface area contributed by atoms with Crippen LogP contribution in [0.15, 0.2) is 18.3 Å². The average molecular weight is 406 g/mol. The van der Waals surface area contributed by atoms with Crippen LogP contribution < -0.4 is 10.6 Å². The Kier molecular flexibility index (Phi) is 5.21. The molecule has 156 valence electrons. The topological polar surface area (TPSA) is 119 Å². The number of rotatable bonds is 4. The Morgan fingerprint density at radius 2 is 2.10 bits per heavy atom. The number of hydrogen-bond acceptors (Lipinski definition) is 8. The van der Waals surface area contributed by atoms with Crippen molar-refractivity contribution >= 4 is 17.9 Å². The molecule has 3 aromatic rings. The number of nitrogens with two attached hydrogens (primary N) is 1. The van der Waals surface area contributed by atoms with Gasteiger partial charge in [-0.05, 0) is 26.8 Å². The van der Waals surface area contributed by atoms with Crippen molar-refractivity contribution in [2.75, 3.05) is 30.4 Å². The van der Waals surface area contributed by atoms with E-state index in [-0.39, 0.29) is 11.9 Å². The van der Waals surface area contributed by atoms with Gasteiger partial charge in [-0.1, -0.05) is 0 Å². The predicted molar refractivity (Wildman–Crippen MR) is 117 cm³/mol. The molecule has 4 rings (SSSR count). The van der Waals surface area contributed by atoms with Crippen molar-refractivity contribution in [3.63, 3.8) is 0 Å². The third-order valence-electron chi connectivity index (χ3n) is 5.55. The van der Waals surface area contributed by atoms with Crippen LogP contribution in [-0.2, 0) is 11.8 Å². The van der Waals surface area contributed by atoms with Gasteiger partial charge in [-0.25, -0.2) is 15.0 Å². The molecule has 1 aliphatic rings. The van der Waals surface area contributed by atoms with Gasteiger partial charge >= 0.3 is 0 Å². The maximum absolute atomic E-state index is 7.80. The molecule has 4 heterocycles. The van der Waals surface area contributed by atoms with Gasteiger partial charge in [0.05, 0.1) is 30.6 Å². The lowest BCUT2D eigenvalue weighted by Crippen LogP contribution is -2.44. The van der Waals surface area contributed by atoms with E-state index in [4.69, 9.17) is 25.8 Å². The highest BCUT2D eigenvalue weighted by Crippen LogP contribution is 2.32. The second-order valence-electron chi connectivity index (χ2n) is 7.52. The van der Waals surface area contributed by atoms with Crippen LogP contribution in [0.25, 0.3) is 22.6 Å². The Hall–Kier alpha value is -3.33. The quantitative estimate of drug-likeness (QED) is 0.638. The zero-order valence-corrected chi connectivity index (χ0v) is 17.7. The maximum atomic E-state index is 7.80. The Morgan fingerprint density at radius 3 is 2.77 bits per heavy atom. The Morgan fingerprint density at radius 1 is 1.30 bits per heavy atom. The SMILES string of the molecule is Cc1nn(C)c(C)c1-c1cc(N2CCOC[C@H]2C)nc(-c2ccnc(N)c2C=N)n1. The van der Waals surface area contributed by atoms with Crippen LogP contribution in [0.4, 0.5) is 11.6 Å². The van der Waals surface area contributed by atoms with Gasteiger partial charge in [0.2, 0.25) is 0 Å². The first-order valence-corrected chi connectivity index (χ1v) is 9.90. The fourth-order valence-corrected chi connectivity index (χ4v) is 3.88. The fraction of sp³-hybridized carbons (Fsp3) is 0.381. The van der Waals surface area contributed by atoms with Crippen molar-refractivity contribution in [3.8, 4) is 22.6 Å². The van der Waals surface area contributed by atoms with Gasteiger partial charge in [-0.15, -0.1) is 0 Å². The summed E-state index contributed by atoms with van der Waals surface area (Å²) >= 11 is 0. The highest BCUT2D eigenvalue weighted by Gasteiger charge is 2.24. The van der Waals surface area contributed by atoms with Gasteiger partial charge in [-0.3, -0.25) is 4.68 Å². The molecule has 30 heavy (non-hydrogen) atoms. The van der Waals surface area contributed by atoms with Crippen LogP contribution in [-0.4, -0.2) is 56.7 Å². The highest BCUT2D eigenvalue weighted by molar-refractivity contribution is 5.92. The van der Waals surface area contributed by atoms with E-state index < -0.39 is 0 Å². The lowest BCUT2D eigenvalue weighted by atomic mass is 10.1. The number of nitrogens with zero attached hydrogens (tertiary/aromatic N) is 6. The molecule has 1 saturated heterocycles. The number of nitrogens with one attached hydrogen (secondary N) is 1. The van der Waals surface area contributed by atoms with Gasteiger partial charge in [0.15, 0.2) is 5.82 Å². The molecular weight excluding hydrogens is 380 g/mol. The van der Waals surface area contributed by atoms with Crippen LogP contribution >= 0.6 is 0 Å². The summed E-state index contributed by atoms with van der Waals surface area (Å²) in [4.78, 5) is 16.1. The monoisotopic (exact) mass is 406 g/mol. The average Bonchev–Trinajstić information content (AvgIpc) is 2.99. The van der Waals surface area contributed by atoms with Gasteiger partial charge in [0.25, 0.3) is 0 Å². The zero-order chi connectivity index (χ0) is 21.4. The Bertz CT molecular complexity index is 1110. The minimum Gasteiger partial charge on any atom is -0.383 e. The van der Waals surface area contributed by atoms with E-state index in [0.717, 1.165) is 35.0 Å². The molecule has 1 fully saturated rings. The summed E-state index contributed by atoms with van der Waals surface area (Å²) in [5.74, 6) is 1.61. The van der Waals surface area contributed by atoms with E-state index in [1.54, 1.807) is 12.3 Å². The summed E-state index contributed by atoms with van der Waals surface area (Å²) in [5.41, 5.74) is 10.9. The molecule has 3 aromatic heterocycles. The molecule has 0 aliphatic carbocycles. The maximum Gasteiger partial charge on any atom is 0.162 e. The molecule has 0 saturated carbocycles. The molecule has 0 spiro atoms. The van der Waals surface area contributed by atoms with E-state index in [9.17, 15) is 0 Å². The lowest BCUT2D eigenvalue weighted by molar-refractivity contribution is 0.0985. The third kappa shape index (κ3) is 3.41. The van der Waals surface area contributed by atoms with E-state index in [0.29, 0.717) is 30.2 Å². The van der Waals surface area contributed by atoms with Crippen molar-refractivity contribution < 1.29 is 4.74 Å². The summed E-state index contributed by atoms with van der Waals surface area (Å²) in [6, 6.07) is 4.00. The van der Waals surface area contributed by atoms with E-state index >= 15 is 0 Å². The van der Waals surface area contributed by atoms with Crippen LogP contribution in [0.5, 0.6) is 0 Å². The van der Waals surface area contributed by atoms with Crippen molar-refractivity contribution in [3.05, 3.63) is 35.3 Å².